The smallest absolute Gasteiger partial charge is 0.191 e. The highest BCUT2D eigenvalue weighted by atomic mass is 127. The van der Waals surface area contributed by atoms with Gasteiger partial charge in [-0.3, -0.25) is 4.99 Å². The van der Waals surface area contributed by atoms with E-state index in [9.17, 15) is 0 Å². The maximum Gasteiger partial charge on any atom is 0.191 e. The summed E-state index contributed by atoms with van der Waals surface area (Å²) < 4.78 is 7.09. The Kier molecular flexibility index (Phi) is 8.12. The Bertz CT molecular complexity index is 847. The second-order valence-electron chi connectivity index (χ2n) is 5.75. The van der Waals surface area contributed by atoms with E-state index in [1.54, 1.807) is 20.4 Å². The number of aromatic nitrogens is 2. The predicted octanol–water partition coefficient (Wildman–Crippen LogP) is 3.36. The van der Waals surface area contributed by atoms with Crippen LogP contribution in [0.15, 0.2) is 72.0 Å². The summed E-state index contributed by atoms with van der Waals surface area (Å²) in [5.41, 5.74) is 3.35. The molecule has 1 heterocycles. The summed E-state index contributed by atoms with van der Waals surface area (Å²) >= 11 is 0. The van der Waals surface area contributed by atoms with Gasteiger partial charge in [0.1, 0.15) is 5.75 Å². The fourth-order valence-electron chi connectivity index (χ4n) is 2.56. The first-order valence-corrected chi connectivity index (χ1v) is 8.45. The number of nitrogens with zero attached hydrogens (tertiary/aromatic N) is 3. The first kappa shape index (κ1) is 20.8. The Morgan fingerprint density at radius 1 is 1.04 bits per heavy atom. The fourth-order valence-corrected chi connectivity index (χ4v) is 2.56. The van der Waals surface area contributed by atoms with Crippen molar-refractivity contribution >= 4 is 29.9 Å². The normalized spacial score (nSPS) is 10.8. The average molecular weight is 477 g/mol. The van der Waals surface area contributed by atoms with Crippen molar-refractivity contribution in [1.82, 2.24) is 20.4 Å². The largest absolute Gasteiger partial charge is 0.497 e. The van der Waals surface area contributed by atoms with Crippen LogP contribution in [0.1, 0.15) is 11.1 Å². The third-order valence-corrected chi connectivity index (χ3v) is 3.98. The zero-order valence-corrected chi connectivity index (χ0v) is 17.8. The second-order valence-corrected chi connectivity index (χ2v) is 5.75. The van der Waals surface area contributed by atoms with Crippen LogP contribution in [0.25, 0.3) is 5.69 Å². The maximum absolute atomic E-state index is 5.25. The molecule has 0 fully saturated rings. The number of methoxy groups -OCH3 is 1. The number of rotatable bonds is 6. The molecule has 7 heteroatoms. The lowest BCUT2D eigenvalue weighted by Crippen LogP contribution is -2.36. The molecule has 0 bridgehead atoms. The molecule has 0 aliphatic rings. The molecule has 0 aliphatic heterocycles. The van der Waals surface area contributed by atoms with E-state index < -0.39 is 0 Å². The van der Waals surface area contributed by atoms with Gasteiger partial charge < -0.3 is 15.4 Å². The van der Waals surface area contributed by atoms with Gasteiger partial charge in [0.2, 0.25) is 0 Å². The molecule has 27 heavy (non-hydrogen) atoms. The summed E-state index contributed by atoms with van der Waals surface area (Å²) in [5, 5.41) is 10.9. The number of hydrogen-bond acceptors (Lipinski definition) is 3. The van der Waals surface area contributed by atoms with Gasteiger partial charge >= 0.3 is 0 Å². The summed E-state index contributed by atoms with van der Waals surface area (Å²) in [5.74, 6) is 1.61. The van der Waals surface area contributed by atoms with Crippen molar-refractivity contribution in [2.75, 3.05) is 14.2 Å². The summed E-state index contributed by atoms with van der Waals surface area (Å²) in [6, 6.07) is 18.2. The molecule has 142 valence electrons. The number of guanidine groups is 1. The lowest BCUT2D eigenvalue weighted by Gasteiger charge is -2.13. The van der Waals surface area contributed by atoms with E-state index in [1.165, 1.54) is 5.56 Å². The predicted molar refractivity (Wildman–Crippen MR) is 119 cm³/mol. The van der Waals surface area contributed by atoms with Gasteiger partial charge in [-0.1, -0.05) is 24.3 Å². The van der Waals surface area contributed by atoms with Crippen LogP contribution in [-0.2, 0) is 13.1 Å². The van der Waals surface area contributed by atoms with E-state index in [0.717, 1.165) is 23.0 Å². The van der Waals surface area contributed by atoms with Crippen molar-refractivity contribution < 1.29 is 4.74 Å². The summed E-state index contributed by atoms with van der Waals surface area (Å²) in [6.07, 6.45) is 3.70. The van der Waals surface area contributed by atoms with Crippen LogP contribution in [-0.4, -0.2) is 29.9 Å². The van der Waals surface area contributed by atoms with Crippen molar-refractivity contribution in [3.8, 4) is 11.4 Å². The van der Waals surface area contributed by atoms with E-state index in [0.29, 0.717) is 13.1 Å². The number of halogens is 1. The lowest BCUT2D eigenvalue weighted by atomic mass is 10.2. The Labute approximate surface area is 176 Å². The molecule has 0 amide bonds. The van der Waals surface area contributed by atoms with Gasteiger partial charge in [-0.05, 0) is 41.5 Å². The molecule has 1 aromatic heterocycles. The Hall–Kier alpha value is -2.55. The first-order valence-electron chi connectivity index (χ1n) is 8.45. The van der Waals surface area contributed by atoms with Gasteiger partial charge in [0.25, 0.3) is 0 Å². The fraction of sp³-hybridized carbons (Fsp3) is 0.200. The number of nitrogens with one attached hydrogen (secondary N) is 2. The lowest BCUT2D eigenvalue weighted by molar-refractivity contribution is 0.414. The van der Waals surface area contributed by atoms with Crippen LogP contribution in [0.3, 0.4) is 0 Å². The van der Waals surface area contributed by atoms with Crippen molar-refractivity contribution in [3.05, 3.63) is 78.1 Å². The molecular weight excluding hydrogens is 453 g/mol. The molecule has 2 N–H and O–H groups in total. The second kappa shape index (κ2) is 10.6. The molecule has 0 atom stereocenters. The molecular formula is C20H24IN5O. The van der Waals surface area contributed by atoms with Gasteiger partial charge in [-0.25, -0.2) is 4.68 Å². The topological polar surface area (TPSA) is 63.5 Å². The molecule has 0 saturated carbocycles. The van der Waals surface area contributed by atoms with E-state index in [2.05, 4.69) is 51.1 Å². The zero-order valence-electron chi connectivity index (χ0n) is 15.4. The Morgan fingerprint density at radius 3 is 2.41 bits per heavy atom. The zero-order chi connectivity index (χ0) is 18.2. The van der Waals surface area contributed by atoms with Gasteiger partial charge in [0.15, 0.2) is 5.96 Å². The quantitative estimate of drug-likeness (QED) is 0.325. The van der Waals surface area contributed by atoms with E-state index in [4.69, 9.17) is 4.74 Å². The van der Waals surface area contributed by atoms with Gasteiger partial charge in [0.05, 0.1) is 12.8 Å². The SMILES string of the molecule is CN=C(NCc1ccc(-n2cccn2)cc1)NCc1cccc(OC)c1.I. The molecule has 0 aliphatic carbocycles. The average Bonchev–Trinajstić information content (AvgIpc) is 3.23. The minimum atomic E-state index is 0. The van der Waals surface area contributed by atoms with Gasteiger partial charge in [-0.15, -0.1) is 24.0 Å². The number of benzene rings is 2. The maximum atomic E-state index is 5.25. The van der Waals surface area contributed by atoms with Crippen molar-refractivity contribution in [2.24, 2.45) is 4.99 Å². The Balaban J connectivity index is 0.00000261. The summed E-state index contributed by atoms with van der Waals surface area (Å²) in [7, 11) is 3.44. The molecule has 0 spiro atoms. The van der Waals surface area contributed by atoms with Crippen LogP contribution in [0.4, 0.5) is 0 Å². The molecule has 2 aromatic carbocycles. The molecule has 0 radical (unpaired) electrons. The first-order chi connectivity index (χ1) is 12.8. The van der Waals surface area contributed by atoms with Crippen molar-refractivity contribution in [2.45, 2.75) is 13.1 Å². The van der Waals surface area contributed by atoms with Crippen LogP contribution in [0, 0.1) is 0 Å². The third-order valence-electron chi connectivity index (χ3n) is 3.98. The number of ether oxygens (including phenoxy) is 1. The van der Waals surface area contributed by atoms with Crippen LogP contribution in [0.5, 0.6) is 5.75 Å². The molecule has 0 saturated heterocycles. The minimum absolute atomic E-state index is 0. The highest BCUT2D eigenvalue weighted by molar-refractivity contribution is 14.0. The van der Waals surface area contributed by atoms with E-state index >= 15 is 0 Å². The van der Waals surface area contributed by atoms with Crippen LogP contribution >= 0.6 is 24.0 Å². The molecule has 0 unspecified atom stereocenters. The Morgan fingerprint density at radius 2 is 1.78 bits per heavy atom. The van der Waals surface area contributed by atoms with Gasteiger partial charge in [-0.2, -0.15) is 5.10 Å². The van der Waals surface area contributed by atoms with Crippen LogP contribution < -0.4 is 15.4 Å². The number of aliphatic imine (C=N–C) groups is 1. The third kappa shape index (κ3) is 5.99. The summed E-state index contributed by atoms with van der Waals surface area (Å²) in [4.78, 5) is 4.27. The monoisotopic (exact) mass is 477 g/mol. The standard InChI is InChI=1S/C20H23N5O.HI/c1-21-20(23-15-17-5-3-6-19(13-17)26-2)22-14-16-7-9-18(10-8-16)25-12-4-11-24-25;/h3-13H,14-15H2,1-2H3,(H2,21,22,23);1H. The molecule has 3 rings (SSSR count). The van der Waals surface area contributed by atoms with Crippen LogP contribution in [0.2, 0.25) is 0 Å². The molecule has 6 nitrogen and oxygen atoms in total. The van der Waals surface area contributed by atoms with E-state index in [1.807, 2.05) is 35.1 Å². The summed E-state index contributed by atoms with van der Waals surface area (Å²) in [6.45, 7) is 1.37. The van der Waals surface area contributed by atoms with E-state index in [-0.39, 0.29) is 24.0 Å². The van der Waals surface area contributed by atoms with Crippen molar-refractivity contribution in [3.63, 3.8) is 0 Å². The van der Waals surface area contributed by atoms with Crippen molar-refractivity contribution in [1.29, 1.82) is 0 Å². The highest BCUT2D eigenvalue weighted by Crippen LogP contribution is 2.12. The number of hydrogen-bond donors (Lipinski definition) is 2. The highest BCUT2D eigenvalue weighted by Gasteiger charge is 2.01. The molecule has 3 aromatic rings. The van der Waals surface area contributed by atoms with Gasteiger partial charge in [0, 0.05) is 32.5 Å². The minimum Gasteiger partial charge on any atom is -0.497 e.